The van der Waals surface area contributed by atoms with Crippen LogP contribution in [0.25, 0.3) is 99.5 Å². The predicted molar refractivity (Wildman–Crippen MR) is 420 cm³/mol. The van der Waals surface area contributed by atoms with Gasteiger partial charge in [0.2, 0.25) is 0 Å². The second-order valence-electron chi connectivity index (χ2n) is 29.7. The van der Waals surface area contributed by atoms with Gasteiger partial charge in [0, 0.05) is 86.1 Å². The molecule has 0 saturated carbocycles. The summed E-state index contributed by atoms with van der Waals surface area (Å²) in [5.74, 6) is 0. The first kappa shape index (κ1) is 54.3. The van der Waals surface area contributed by atoms with E-state index in [0.717, 1.165) is 150 Å². The SMILES string of the molecule is [2H]C([2H])(c1cc(-c2ccccc2)c(N2c3cc(-n4c5ccccc5c5ccccc54)ccc3B3c4ccc(-n5c6ccccc6c6ccccc65)cc4N(c4c(-c5ccccc5)cc(C([2H])([2H])C(C)(C)C)cc4-c4ccccc4)c4cc(C([2H])([2H])C(C)(C)C)cc2c43)c(-c2ccccc2)c1)C(C)(C)C. The average molecular weight is 1270 g/mol. The quantitative estimate of drug-likeness (QED) is 0.120. The number of aromatic nitrogens is 2. The highest BCUT2D eigenvalue weighted by Gasteiger charge is 2.46. The summed E-state index contributed by atoms with van der Waals surface area (Å²) >= 11 is 0. The van der Waals surface area contributed by atoms with Gasteiger partial charge in [0.05, 0.1) is 33.4 Å². The van der Waals surface area contributed by atoms with Gasteiger partial charge in [-0.1, -0.05) is 269 Å². The lowest BCUT2D eigenvalue weighted by molar-refractivity contribution is 0.411. The molecule has 0 N–H and O–H groups in total. The lowest BCUT2D eigenvalue weighted by Crippen LogP contribution is -2.61. The Kier molecular flexibility index (Phi) is 13.0. The molecule has 4 nitrogen and oxygen atoms in total. The van der Waals surface area contributed by atoms with Gasteiger partial charge in [-0.2, -0.15) is 0 Å². The number of anilines is 6. The summed E-state index contributed by atoms with van der Waals surface area (Å²) in [5.41, 5.74) is 19.8. The van der Waals surface area contributed by atoms with E-state index < -0.39 is 42.1 Å². The van der Waals surface area contributed by atoms with E-state index in [1.807, 2.05) is 86.6 Å². The molecule has 0 saturated heterocycles. The molecule has 0 spiro atoms. The molecule has 0 bridgehead atoms. The van der Waals surface area contributed by atoms with Crippen LogP contribution in [0.3, 0.4) is 0 Å². The van der Waals surface area contributed by atoms with Gasteiger partial charge < -0.3 is 18.9 Å². The monoisotopic (exact) mass is 1270 g/mol. The van der Waals surface area contributed by atoms with Crippen LogP contribution in [0, 0.1) is 16.2 Å². The smallest absolute Gasteiger partial charge is 0.252 e. The molecule has 2 aromatic heterocycles. The minimum Gasteiger partial charge on any atom is -0.310 e. The highest BCUT2D eigenvalue weighted by Crippen LogP contribution is 2.55. The third-order valence-corrected chi connectivity index (χ3v) is 19.3. The summed E-state index contributed by atoms with van der Waals surface area (Å²) in [7, 11) is 0. The molecule has 0 atom stereocenters. The van der Waals surface area contributed by atoms with Crippen molar-refractivity contribution in [3.63, 3.8) is 0 Å². The van der Waals surface area contributed by atoms with Gasteiger partial charge in [-0.15, -0.1) is 0 Å². The minimum absolute atomic E-state index is 0.475. The largest absolute Gasteiger partial charge is 0.310 e. The van der Waals surface area contributed by atoms with Gasteiger partial charge in [-0.25, -0.2) is 0 Å². The fourth-order valence-corrected chi connectivity index (χ4v) is 15.7. The molecule has 2 aliphatic heterocycles. The molecule has 476 valence electrons. The van der Waals surface area contributed by atoms with Crippen LogP contribution >= 0.6 is 0 Å². The number of fused-ring (bicyclic) bond motifs is 10. The molecular formula is C93H81BN4. The number of hydrogen-bond donors (Lipinski definition) is 0. The highest BCUT2D eigenvalue weighted by molar-refractivity contribution is 7.00. The topological polar surface area (TPSA) is 16.3 Å². The molecule has 0 unspecified atom stereocenters. The molecule has 4 heterocycles. The standard InChI is InChI=1S/C93H81BN4/c1-91(2,3)58-61-50-74(64-30-14-10-15-31-64)89(75(51-61)65-32-16-11-17-33-65)97-84-56-68(95-80-42-26-22-38-70(80)71-39-23-27-43-81(71)95)46-48-78(84)94-79-49-47-69(96-82-44-28-24-40-72(82)73-41-25-29-45-83(73)96)57-85(79)98(87-55-63(60-93(7,8)9)54-86(97)88(87)94)90-76(66-34-18-12-19-35-66)52-62(59-92(4,5)6)53-77(90)67-36-20-13-21-37-67/h10-57H,58-60H2,1-9H3/i58D2,59D2,60D2. The molecule has 0 fully saturated rings. The molecule has 5 heteroatoms. The van der Waals surface area contributed by atoms with Crippen LogP contribution in [0.5, 0.6) is 0 Å². The molecule has 0 aliphatic carbocycles. The van der Waals surface area contributed by atoms with E-state index in [1.165, 1.54) is 0 Å². The van der Waals surface area contributed by atoms with Gasteiger partial charge in [0.15, 0.2) is 0 Å². The zero-order valence-electron chi connectivity index (χ0n) is 63.1. The fraction of sp³-hybridized carbons (Fsp3) is 0.161. The van der Waals surface area contributed by atoms with E-state index >= 15 is 0 Å². The zero-order chi connectivity index (χ0) is 72.1. The first-order valence-corrected chi connectivity index (χ1v) is 34.4. The van der Waals surface area contributed by atoms with E-state index in [9.17, 15) is 8.22 Å². The normalized spacial score (nSPS) is 14.4. The molecule has 2 aliphatic rings. The lowest BCUT2D eigenvalue weighted by atomic mass is 9.33. The lowest BCUT2D eigenvalue weighted by Gasteiger charge is -2.46. The number of para-hydroxylation sites is 4. The summed E-state index contributed by atoms with van der Waals surface area (Å²) in [4.78, 5) is 4.86. The summed E-state index contributed by atoms with van der Waals surface area (Å²) in [6.07, 6.45) is -5.64. The Morgan fingerprint density at radius 1 is 0.286 bits per heavy atom. The van der Waals surface area contributed by atoms with Crippen molar-refractivity contribution in [2.75, 3.05) is 9.80 Å². The average Bonchev–Trinajstić information content (AvgIpc) is 0.810. The maximum Gasteiger partial charge on any atom is 0.252 e. The predicted octanol–water partition coefficient (Wildman–Crippen LogP) is 23.4. The van der Waals surface area contributed by atoms with E-state index in [1.54, 1.807) is 0 Å². The number of rotatable bonds is 11. The Bertz CT molecular complexity index is 5350. The summed E-state index contributed by atoms with van der Waals surface area (Å²) in [5, 5.41) is 4.54. The Labute approximate surface area is 586 Å². The van der Waals surface area contributed by atoms with Crippen molar-refractivity contribution in [1.82, 2.24) is 9.13 Å². The summed E-state index contributed by atoms with van der Waals surface area (Å²) in [6.45, 7) is 17.3. The molecule has 0 amide bonds. The van der Waals surface area contributed by atoms with Gasteiger partial charge in [0.25, 0.3) is 6.71 Å². The Hall–Kier alpha value is -10.9. The van der Waals surface area contributed by atoms with Crippen molar-refractivity contribution in [3.8, 4) is 55.9 Å². The molecule has 17 rings (SSSR count). The molecule has 0 radical (unpaired) electrons. The van der Waals surface area contributed by atoms with Crippen molar-refractivity contribution >= 4 is 101 Å². The molecule has 15 aromatic rings. The van der Waals surface area contributed by atoms with Crippen molar-refractivity contribution in [1.29, 1.82) is 0 Å². The number of nitrogens with zero attached hydrogens (tertiary/aromatic N) is 4. The zero-order valence-corrected chi connectivity index (χ0v) is 57.1. The Morgan fingerprint density at radius 2 is 0.551 bits per heavy atom. The first-order valence-electron chi connectivity index (χ1n) is 37.4. The maximum atomic E-state index is 10.8. The maximum absolute atomic E-state index is 10.8. The van der Waals surface area contributed by atoms with E-state index in [0.29, 0.717) is 16.7 Å². The van der Waals surface area contributed by atoms with E-state index in [2.05, 4.69) is 286 Å². The molecule has 13 aromatic carbocycles. The highest BCUT2D eigenvalue weighted by atomic mass is 15.2. The Morgan fingerprint density at radius 3 is 0.837 bits per heavy atom. The molecular weight excluding hydrogens is 1180 g/mol. The van der Waals surface area contributed by atoms with Gasteiger partial charge >= 0.3 is 0 Å². The van der Waals surface area contributed by atoms with E-state index in [4.69, 9.17) is 0 Å². The van der Waals surface area contributed by atoms with Gasteiger partial charge in [0.1, 0.15) is 0 Å². The van der Waals surface area contributed by atoms with Crippen LogP contribution in [0.15, 0.2) is 291 Å². The number of hydrogen-bond acceptors (Lipinski definition) is 2. The van der Waals surface area contributed by atoms with Crippen LogP contribution in [0.4, 0.5) is 34.1 Å². The summed E-state index contributed by atoms with van der Waals surface area (Å²) < 4.78 is 67.2. The van der Waals surface area contributed by atoms with Crippen molar-refractivity contribution in [2.45, 2.75) is 81.4 Å². The van der Waals surface area contributed by atoms with Crippen LogP contribution in [0.2, 0.25) is 0 Å². The van der Waals surface area contributed by atoms with E-state index in [-0.39, 0.29) is 0 Å². The second-order valence-corrected chi connectivity index (χ2v) is 29.7. The Balaban J connectivity index is 1.09. The first-order chi connectivity index (χ1) is 49.8. The van der Waals surface area contributed by atoms with Crippen LogP contribution in [0.1, 0.15) is 87.2 Å². The van der Waals surface area contributed by atoms with Crippen LogP contribution < -0.4 is 26.2 Å². The van der Waals surface area contributed by atoms with Crippen molar-refractivity contribution in [2.24, 2.45) is 16.2 Å². The van der Waals surface area contributed by atoms with Gasteiger partial charge in [-0.3, -0.25) is 0 Å². The minimum atomic E-state index is -1.99. The third kappa shape index (κ3) is 10.6. The van der Waals surface area contributed by atoms with Crippen molar-refractivity contribution in [3.05, 3.63) is 308 Å². The summed E-state index contributed by atoms with van der Waals surface area (Å²) in [6, 6.07) is 103. The molecule has 98 heavy (non-hydrogen) atoms. The van der Waals surface area contributed by atoms with Crippen LogP contribution in [-0.4, -0.2) is 15.8 Å². The third-order valence-electron chi connectivity index (χ3n) is 19.3. The van der Waals surface area contributed by atoms with Gasteiger partial charge in [-0.05, 0) is 176 Å². The van der Waals surface area contributed by atoms with Crippen LogP contribution in [-0.2, 0) is 19.1 Å². The second kappa shape index (κ2) is 23.5. The fourth-order valence-electron chi connectivity index (χ4n) is 15.7. The number of benzene rings is 13. The van der Waals surface area contributed by atoms with Crippen molar-refractivity contribution < 1.29 is 8.22 Å².